The first-order chi connectivity index (χ1) is 24.1. The topological polar surface area (TPSA) is 72.8 Å². The molecule has 278 valence electrons. The number of aliphatic hydroxyl groups excluding tert-OH is 1. The van der Waals surface area contributed by atoms with Crippen molar-refractivity contribution in [2.24, 2.45) is 0 Å². The van der Waals surface area contributed by atoms with Crippen molar-refractivity contribution in [3.8, 4) is 0 Å². The van der Waals surface area contributed by atoms with Gasteiger partial charge in [0.2, 0.25) is 0 Å². The van der Waals surface area contributed by atoms with Crippen LogP contribution in [0.5, 0.6) is 0 Å². The van der Waals surface area contributed by atoms with Crippen molar-refractivity contribution in [3.05, 3.63) is 85.1 Å². The SMILES string of the molecule is CC/C=C\C/C=C\C/C=C\C/C=C\C/C=C\CCCCCCCC(=O)OC(CO)COC(=O)CCCCCCC/C=C\C/C=C\CCCC. The van der Waals surface area contributed by atoms with E-state index in [0.717, 1.165) is 103 Å². The first-order valence-corrected chi connectivity index (χ1v) is 19.6. The van der Waals surface area contributed by atoms with Gasteiger partial charge in [-0.1, -0.05) is 150 Å². The number of allylic oxidation sites excluding steroid dienone is 14. The van der Waals surface area contributed by atoms with Crippen LogP contribution in [0.25, 0.3) is 0 Å². The first kappa shape index (κ1) is 46.1. The van der Waals surface area contributed by atoms with Crippen molar-refractivity contribution < 1.29 is 24.2 Å². The van der Waals surface area contributed by atoms with Gasteiger partial charge in [0.15, 0.2) is 6.10 Å². The molecule has 0 aliphatic rings. The van der Waals surface area contributed by atoms with E-state index in [1.165, 1.54) is 32.1 Å². The number of ether oxygens (including phenoxy) is 2. The number of unbranched alkanes of at least 4 members (excludes halogenated alkanes) is 12. The molecule has 0 spiro atoms. The summed E-state index contributed by atoms with van der Waals surface area (Å²) in [5.41, 5.74) is 0. The highest BCUT2D eigenvalue weighted by molar-refractivity contribution is 5.70. The zero-order valence-electron chi connectivity index (χ0n) is 31.4. The maximum atomic E-state index is 12.2. The van der Waals surface area contributed by atoms with E-state index < -0.39 is 6.10 Å². The zero-order chi connectivity index (χ0) is 35.7. The largest absolute Gasteiger partial charge is 0.462 e. The quantitative estimate of drug-likeness (QED) is 0.0416. The summed E-state index contributed by atoms with van der Waals surface area (Å²) >= 11 is 0. The predicted octanol–water partition coefficient (Wildman–Crippen LogP) is 12.3. The summed E-state index contributed by atoms with van der Waals surface area (Å²) < 4.78 is 10.6. The van der Waals surface area contributed by atoms with Crippen LogP contribution in [0.15, 0.2) is 85.1 Å². The minimum absolute atomic E-state index is 0.0863. The van der Waals surface area contributed by atoms with Crippen molar-refractivity contribution >= 4 is 11.9 Å². The van der Waals surface area contributed by atoms with Crippen LogP contribution >= 0.6 is 0 Å². The molecule has 0 radical (unpaired) electrons. The lowest BCUT2D eigenvalue weighted by Gasteiger charge is -2.15. The van der Waals surface area contributed by atoms with Crippen molar-refractivity contribution in [1.82, 2.24) is 0 Å². The minimum atomic E-state index is -0.792. The lowest BCUT2D eigenvalue weighted by molar-refractivity contribution is -0.161. The summed E-state index contributed by atoms with van der Waals surface area (Å²) in [5.74, 6) is -0.638. The first-order valence-electron chi connectivity index (χ1n) is 19.6. The molecule has 1 atom stereocenters. The van der Waals surface area contributed by atoms with Crippen LogP contribution in [0, 0.1) is 0 Å². The van der Waals surface area contributed by atoms with Gasteiger partial charge in [-0.25, -0.2) is 0 Å². The van der Waals surface area contributed by atoms with E-state index in [2.05, 4.69) is 98.9 Å². The molecule has 0 aromatic rings. The fraction of sp³-hybridized carbons (Fsp3) is 0.636. The molecule has 1 N–H and O–H groups in total. The monoisotopic (exact) mass is 681 g/mol. The Hall–Kier alpha value is -2.92. The van der Waals surface area contributed by atoms with Gasteiger partial charge < -0.3 is 14.6 Å². The molecule has 0 saturated heterocycles. The van der Waals surface area contributed by atoms with Gasteiger partial charge in [-0.15, -0.1) is 0 Å². The molecule has 0 heterocycles. The van der Waals surface area contributed by atoms with Gasteiger partial charge in [-0.05, 0) is 83.5 Å². The molecule has 49 heavy (non-hydrogen) atoms. The second-order valence-electron chi connectivity index (χ2n) is 12.6. The minimum Gasteiger partial charge on any atom is -0.462 e. The predicted molar refractivity (Wildman–Crippen MR) is 209 cm³/mol. The highest BCUT2D eigenvalue weighted by Crippen LogP contribution is 2.11. The molecule has 0 rings (SSSR count). The Kier molecular flexibility index (Phi) is 37.2. The third-order valence-corrected chi connectivity index (χ3v) is 7.92. The number of rotatable bonds is 34. The average Bonchev–Trinajstić information content (AvgIpc) is 3.10. The molecule has 1 unspecified atom stereocenters. The maximum Gasteiger partial charge on any atom is 0.306 e. The van der Waals surface area contributed by atoms with Crippen molar-refractivity contribution in [1.29, 1.82) is 0 Å². The fourth-order valence-corrected chi connectivity index (χ4v) is 4.95. The maximum absolute atomic E-state index is 12.2. The Labute approximate surface area is 301 Å². The highest BCUT2D eigenvalue weighted by Gasteiger charge is 2.16. The normalized spacial score (nSPS) is 13.1. The van der Waals surface area contributed by atoms with Crippen LogP contribution in [0.1, 0.15) is 162 Å². The van der Waals surface area contributed by atoms with E-state index in [-0.39, 0.29) is 25.2 Å². The van der Waals surface area contributed by atoms with Crippen molar-refractivity contribution in [2.45, 2.75) is 168 Å². The van der Waals surface area contributed by atoms with E-state index in [1.807, 2.05) is 0 Å². The van der Waals surface area contributed by atoms with Crippen LogP contribution in [-0.4, -0.2) is 36.4 Å². The Morgan fingerprint density at radius 1 is 0.490 bits per heavy atom. The third-order valence-electron chi connectivity index (χ3n) is 7.92. The van der Waals surface area contributed by atoms with Crippen LogP contribution in [0.4, 0.5) is 0 Å². The fourth-order valence-electron chi connectivity index (χ4n) is 4.95. The number of hydrogen-bond acceptors (Lipinski definition) is 5. The van der Waals surface area contributed by atoms with Gasteiger partial charge in [0.05, 0.1) is 6.61 Å². The van der Waals surface area contributed by atoms with Gasteiger partial charge in [-0.3, -0.25) is 9.59 Å². The van der Waals surface area contributed by atoms with Crippen LogP contribution in [-0.2, 0) is 19.1 Å². The van der Waals surface area contributed by atoms with E-state index in [1.54, 1.807) is 0 Å². The smallest absolute Gasteiger partial charge is 0.306 e. The molecular formula is C44H72O5. The number of carbonyl (C=O) groups excluding carboxylic acids is 2. The lowest BCUT2D eigenvalue weighted by atomic mass is 10.1. The summed E-state index contributed by atoms with van der Waals surface area (Å²) in [5, 5.41) is 9.55. The third kappa shape index (κ3) is 37.7. The van der Waals surface area contributed by atoms with Crippen LogP contribution in [0.2, 0.25) is 0 Å². The molecule has 0 aromatic carbocycles. The van der Waals surface area contributed by atoms with Gasteiger partial charge in [0, 0.05) is 12.8 Å². The standard InChI is InChI=1S/C44H72O5/c1-3-5-7-9-11-13-15-17-19-20-21-22-23-24-25-27-29-31-33-35-37-39-44(47)49-42(40-45)41-48-43(46)38-36-34-32-30-28-26-18-16-14-12-10-8-6-4-2/h5,7,10-13,16-19,21-22,24-25,42,45H,3-4,6,8-9,14-15,20,23,26-41H2,1-2H3/b7-5-,12-10-,13-11-,18-16-,19-17-,22-21-,25-24-. The summed E-state index contributed by atoms with van der Waals surface area (Å²) in [4.78, 5) is 24.2. The average molecular weight is 681 g/mol. The Balaban J connectivity index is 3.66. The number of aliphatic hydroxyl groups is 1. The second kappa shape index (κ2) is 39.5. The van der Waals surface area contributed by atoms with Gasteiger partial charge in [0.1, 0.15) is 6.61 Å². The van der Waals surface area contributed by atoms with E-state index in [9.17, 15) is 14.7 Å². The molecular weight excluding hydrogens is 608 g/mol. The molecule has 0 amide bonds. The summed E-state index contributed by atoms with van der Waals surface area (Å²) in [6.07, 6.45) is 53.5. The Bertz CT molecular complexity index is 952. The van der Waals surface area contributed by atoms with Gasteiger partial charge in [0.25, 0.3) is 0 Å². The number of esters is 2. The Morgan fingerprint density at radius 3 is 1.33 bits per heavy atom. The molecule has 0 aliphatic heterocycles. The van der Waals surface area contributed by atoms with E-state index in [0.29, 0.717) is 12.8 Å². The molecule has 0 fully saturated rings. The van der Waals surface area contributed by atoms with Crippen molar-refractivity contribution in [2.75, 3.05) is 13.2 Å². The van der Waals surface area contributed by atoms with E-state index in [4.69, 9.17) is 9.47 Å². The molecule has 0 aliphatic carbocycles. The van der Waals surface area contributed by atoms with Crippen LogP contribution < -0.4 is 0 Å². The molecule has 0 aromatic heterocycles. The number of carbonyl (C=O) groups is 2. The van der Waals surface area contributed by atoms with Crippen molar-refractivity contribution in [3.63, 3.8) is 0 Å². The van der Waals surface area contributed by atoms with Gasteiger partial charge >= 0.3 is 11.9 Å². The molecule has 5 heteroatoms. The van der Waals surface area contributed by atoms with E-state index >= 15 is 0 Å². The number of hydrogen-bond donors (Lipinski definition) is 1. The van der Waals surface area contributed by atoms with Crippen LogP contribution in [0.3, 0.4) is 0 Å². The second-order valence-corrected chi connectivity index (χ2v) is 12.6. The summed E-state index contributed by atoms with van der Waals surface area (Å²) in [7, 11) is 0. The van der Waals surface area contributed by atoms with Gasteiger partial charge in [-0.2, -0.15) is 0 Å². The molecule has 0 bridgehead atoms. The lowest BCUT2D eigenvalue weighted by Crippen LogP contribution is -2.28. The summed E-state index contributed by atoms with van der Waals surface area (Å²) in [6, 6.07) is 0. The highest BCUT2D eigenvalue weighted by atomic mass is 16.6. The summed E-state index contributed by atoms with van der Waals surface area (Å²) in [6.45, 7) is 3.93. The molecule has 5 nitrogen and oxygen atoms in total. The Morgan fingerprint density at radius 2 is 0.878 bits per heavy atom. The zero-order valence-corrected chi connectivity index (χ0v) is 31.4. The molecule has 0 saturated carbocycles.